The Labute approximate surface area is 105 Å². The van der Waals surface area contributed by atoms with E-state index in [0.29, 0.717) is 31.3 Å². The maximum absolute atomic E-state index is 8.94. The zero-order valence-electron chi connectivity index (χ0n) is 9.95. The standard InChI is InChI=1S/C12H15N3O3/c1-2-4-15(5-6-16)8-11-13-12(14-18-11)10-3-7-17-9-10/h2-3,7,9,16H,1,4-6,8H2. The number of furan rings is 1. The Morgan fingerprint density at radius 3 is 3.06 bits per heavy atom. The third-order valence-electron chi connectivity index (χ3n) is 2.41. The van der Waals surface area contributed by atoms with Crippen LogP contribution < -0.4 is 0 Å². The van der Waals surface area contributed by atoms with Crippen LogP contribution in [0, 0.1) is 0 Å². The van der Waals surface area contributed by atoms with Crippen LogP contribution in [0.5, 0.6) is 0 Å². The van der Waals surface area contributed by atoms with E-state index in [9.17, 15) is 0 Å². The molecule has 0 amide bonds. The molecule has 2 aromatic heterocycles. The highest BCUT2D eigenvalue weighted by Gasteiger charge is 2.12. The topological polar surface area (TPSA) is 75.5 Å². The van der Waals surface area contributed by atoms with Gasteiger partial charge in [-0.1, -0.05) is 11.2 Å². The summed E-state index contributed by atoms with van der Waals surface area (Å²) in [7, 11) is 0. The zero-order chi connectivity index (χ0) is 12.8. The molecule has 6 heteroatoms. The van der Waals surface area contributed by atoms with Crippen molar-refractivity contribution >= 4 is 0 Å². The normalized spacial score (nSPS) is 11.0. The van der Waals surface area contributed by atoms with Gasteiger partial charge in [0.15, 0.2) is 0 Å². The smallest absolute Gasteiger partial charge is 0.241 e. The number of aromatic nitrogens is 2. The fourth-order valence-electron chi connectivity index (χ4n) is 1.58. The van der Waals surface area contributed by atoms with Crippen molar-refractivity contribution < 1.29 is 14.0 Å². The van der Waals surface area contributed by atoms with Crippen LogP contribution in [0.25, 0.3) is 11.4 Å². The Morgan fingerprint density at radius 1 is 1.50 bits per heavy atom. The minimum absolute atomic E-state index is 0.0799. The third-order valence-corrected chi connectivity index (χ3v) is 2.41. The van der Waals surface area contributed by atoms with Crippen LogP contribution >= 0.6 is 0 Å². The molecule has 0 atom stereocenters. The molecule has 0 saturated heterocycles. The highest BCUT2D eigenvalue weighted by molar-refractivity contribution is 5.51. The summed E-state index contributed by atoms with van der Waals surface area (Å²) in [4.78, 5) is 6.22. The van der Waals surface area contributed by atoms with Gasteiger partial charge in [0.05, 0.1) is 25.0 Å². The molecule has 0 aliphatic rings. The molecule has 1 N–H and O–H groups in total. The summed E-state index contributed by atoms with van der Waals surface area (Å²) in [6.07, 6.45) is 4.88. The van der Waals surface area contributed by atoms with Crippen molar-refractivity contribution in [3.8, 4) is 11.4 Å². The van der Waals surface area contributed by atoms with Crippen LogP contribution in [0.4, 0.5) is 0 Å². The van der Waals surface area contributed by atoms with Gasteiger partial charge in [-0.05, 0) is 6.07 Å². The molecule has 6 nitrogen and oxygen atoms in total. The molecule has 0 aliphatic carbocycles. The Balaban J connectivity index is 2.03. The molecule has 2 rings (SSSR count). The quantitative estimate of drug-likeness (QED) is 0.746. The second-order valence-corrected chi connectivity index (χ2v) is 3.77. The summed E-state index contributed by atoms with van der Waals surface area (Å²) in [6, 6.07) is 1.77. The number of hydrogen-bond donors (Lipinski definition) is 1. The van der Waals surface area contributed by atoms with Gasteiger partial charge in [0.25, 0.3) is 0 Å². The molecule has 0 spiro atoms. The van der Waals surface area contributed by atoms with Crippen molar-refractivity contribution in [2.24, 2.45) is 0 Å². The largest absolute Gasteiger partial charge is 0.472 e. The predicted molar refractivity (Wildman–Crippen MR) is 64.6 cm³/mol. The highest BCUT2D eigenvalue weighted by Crippen LogP contribution is 2.16. The van der Waals surface area contributed by atoms with Gasteiger partial charge in [0.1, 0.15) is 6.26 Å². The first kappa shape index (κ1) is 12.5. The zero-order valence-corrected chi connectivity index (χ0v) is 9.95. The number of aliphatic hydroxyl groups is 1. The molecule has 0 unspecified atom stereocenters. The van der Waals surface area contributed by atoms with E-state index in [1.165, 1.54) is 0 Å². The Bertz CT molecular complexity index is 478. The molecule has 0 bridgehead atoms. The fourth-order valence-corrected chi connectivity index (χ4v) is 1.58. The number of aliphatic hydroxyl groups excluding tert-OH is 1. The average Bonchev–Trinajstić information content (AvgIpc) is 2.98. The van der Waals surface area contributed by atoms with E-state index in [-0.39, 0.29) is 6.61 Å². The fraction of sp³-hybridized carbons (Fsp3) is 0.333. The molecular formula is C12H15N3O3. The molecule has 18 heavy (non-hydrogen) atoms. The number of hydrogen-bond acceptors (Lipinski definition) is 6. The summed E-state index contributed by atoms with van der Waals surface area (Å²) < 4.78 is 10.1. The molecular weight excluding hydrogens is 234 g/mol. The van der Waals surface area contributed by atoms with Crippen molar-refractivity contribution in [1.29, 1.82) is 0 Å². The lowest BCUT2D eigenvalue weighted by molar-refractivity contribution is 0.186. The van der Waals surface area contributed by atoms with Crippen LogP contribution in [0.15, 0.2) is 40.2 Å². The van der Waals surface area contributed by atoms with Crippen LogP contribution in [0.2, 0.25) is 0 Å². The molecule has 0 aromatic carbocycles. The van der Waals surface area contributed by atoms with Gasteiger partial charge in [-0.2, -0.15) is 4.98 Å². The van der Waals surface area contributed by atoms with E-state index >= 15 is 0 Å². The second-order valence-electron chi connectivity index (χ2n) is 3.77. The predicted octanol–water partition coefficient (Wildman–Crippen LogP) is 1.31. The first-order valence-electron chi connectivity index (χ1n) is 5.62. The Morgan fingerprint density at radius 2 is 2.39 bits per heavy atom. The minimum atomic E-state index is 0.0799. The van der Waals surface area contributed by atoms with Gasteiger partial charge >= 0.3 is 0 Å². The molecule has 2 aromatic rings. The van der Waals surface area contributed by atoms with Crippen LogP contribution in [-0.2, 0) is 6.54 Å². The number of nitrogens with zero attached hydrogens (tertiary/aromatic N) is 3. The van der Waals surface area contributed by atoms with E-state index in [1.54, 1.807) is 24.7 Å². The highest BCUT2D eigenvalue weighted by atomic mass is 16.5. The summed E-state index contributed by atoms with van der Waals surface area (Å²) in [6.45, 7) is 5.43. The third kappa shape index (κ3) is 3.06. The average molecular weight is 249 g/mol. The lowest BCUT2D eigenvalue weighted by Gasteiger charge is -2.16. The first-order valence-corrected chi connectivity index (χ1v) is 5.62. The molecule has 0 saturated carbocycles. The van der Waals surface area contributed by atoms with E-state index in [2.05, 4.69) is 16.7 Å². The van der Waals surface area contributed by atoms with Crippen molar-refractivity contribution in [1.82, 2.24) is 15.0 Å². The molecule has 96 valence electrons. The van der Waals surface area contributed by atoms with Crippen molar-refractivity contribution in [2.45, 2.75) is 6.54 Å². The van der Waals surface area contributed by atoms with Crippen molar-refractivity contribution in [2.75, 3.05) is 19.7 Å². The molecule has 0 fully saturated rings. The molecule has 0 radical (unpaired) electrons. The van der Waals surface area contributed by atoms with Crippen molar-refractivity contribution in [3.05, 3.63) is 37.1 Å². The van der Waals surface area contributed by atoms with E-state index in [4.69, 9.17) is 14.0 Å². The van der Waals surface area contributed by atoms with E-state index < -0.39 is 0 Å². The lowest BCUT2D eigenvalue weighted by Crippen LogP contribution is -2.26. The summed E-state index contributed by atoms with van der Waals surface area (Å²) in [5, 5.41) is 12.8. The van der Waals surface area contributed by atoms with Gasteiger partial charge < -0.3 is 14.0 Å². The summed E-state index contributed by atoms with van der Waals surface area (Å²) in [5.41, 5.74) is 0.780. The van der Waals surface area contributed by atoms with Gasteiger partial charge in [0.2, 0.25) is 11.7 Å². The van der Waals surface area contributed by atoms with Crippen molar-refractivity contribution in [3.63, 3.8) is 0 Å². The van der Waals surface area contributed by atoms with Crippen LogP contribution in [0.1, 0.15) is 5.89 Å². The molecule has 2 heterocycles. The maximum Gasteiger partial charge on any atom is 0.241 e. The van der Waals surface area contributed by atoms with E-state index in [1.807, 2.05) is 4.90 Å². The SMILES string of the molecule is C=CCN(CCO)Cc1nc(-c2ccoc2)no1. The van der Waals surface area contributed by atoms with Gasteiger partial charge in [-0.3, -0.25) is 4.90 Å². The first-order chi connectivity index (χ1) is 8.83. The maximum atomic E-state index is 8.94. The van der Waals surface area contributed by atoms with Crippen LogP contribution in [0.3, 0.4) is 0 Å². The second kappa shape index (κ2) is 6.13. The number of rotatable bonds is 7. The van der Waals surface area contributed by atoms with Gasteiger partial charge in [-0.25, -0.2) is 0 Å². The van der Waals surface area contributed by atoms with Gasteiger partial charge in [0, 0.05) is 13.1 Å². The Kier molecular flexibility index (Phi) is 4.27. The Hall–Kier alpha value is -1.92. The monoisotopic (exact) mass is 249 g/mol. The van der Waals surface area contributed by atoms with Crippen LogP contribution in [-0.4, -0.2) is 39.8 Å². The van der Waals surface area contributed by atoms with E-state index in [0.717, 1.165) is 5.56 Å². The summed E-state index contributed by atoms with van der Waals surface area (Å²) >= 11 is 0. The molecule has 0 aliphatic heterocycles. The lowest BCUT2D eigenvalue weighted by atomic mass is 10.3. The van der Waals surface area contributed by atoms with Gasteiger partial charge in [-0.15, -0.1) is 6.58 Å². The summed E-state index contributed by atoms with van der Waals surface area (Å²) in [5.74, 6) is 1.00. The minimum Gasteiger partial charge on any atom is -0.472 e.